The maximum absolute atomic E-state index is 12.7. The lowest BCUT2D eigenvalue weighted by Crippen LogP contribution is -2.49. The zero-order valence-electron chi connectivity index (χ0n) is 18.9. The van der Waals surface area contributed by atoms with Crippen molar-refractivity contribution in [2.45, 2.75) is 83.7 Å². The van der Waals surface area contributed by atoms with Gasteiger partial charge in [-0.3, -0.25) is 9.48 Å². The van der Waals surface area contributed by atoms with Gasteiger partial charge in [-0.2, -0.15) is 5.10 Å². The number of amides is 1. The van der Waals surface area contributed by atoms with E-state index in [-0.39, 0.29) is 23.0 Å². The van der Waals surface area contributed by atoms with Crippen LogP contribution in [0, 0.1) is 5.92 Å². The smallest absolute Gasteiger partial charge is 0.228 e. The number of fused-ring (bicyclic) bond motifs is 1. The second-order valence-corrected chi connectivity index (χ2v) is 15.0. The van der Waals surface area contributed by atoms with Crippen molar-refractivity contribution in [2.75, 3.05) is 5.32 Å². The lowest BCUT2D eigenvalue weighted by atomic mass is 9.82. The Hall–Kier alpha value is -1.99. The number of carbonyl (C=O) groups is 1. The van der Waals surface area contributed by atoms with Gasteiger partial charge < -0.3 is 9.74 Å². The molecule has 2 aliphatic rings. The summed E-state index contributed by atoms with van der Waals surface area (Å²) in [4.78, 5) is 17.1. The van der Waals surface area contributed by atoms with Crippen molar-refractivity contribution in [3.05, 3.63) is 30.2 Å². The summed E-state index contributed by atoms with van der Waals surface area (Å²) < 4.78 is 8.53. The summed E-state index contributed by atoms with van der Waals surface area (Å²) in [7, 11) is -1.78. The summed E-state index contributed by atoms with van der Waals surface area (Å²) in [5.41, 5.74) is 3.50. The average Bonchev–Trinajstić information content (AvgIpc) is 3.07. The van der Waals surface area contributed by atoms with Gasteiger partial charge in [-0.05, 0) is 67.9 Å². The predicted molar refractivity (Wildman–Crippen MR) is 122 cm³/mol. The van der Waals surface area contributed by atoms with Crippen LogP contribution in [-0.2, 0) is 22.2 Å². The van der Waals surface area contributed by atoms with Crippen LogP contribution in [0.3, 0.4) is 0 Å². The number of aryl methyl sites for hydroxylation is 1. The van der Waals surface area contributed by atoms with Crippen LogP contribution in [0.4, 0.5) is 5.82 Å². The van der Waals surface area contributed by atoms with Crippen molar-refractivity contribution in [1.82, 2.24) is 14.8 Å². The van der Waals surface area contributed by atoms with Gasteiger partial charge in [-0.15, -0.1) is 0 Å². The van der Waals surface area contributed by atoms with Crippen LogP contribution >= 0.6 is 0 Å². The van der Waals surface area contributed by atoms with Crippen molar-refractivity contribution in [2.24, 2.45) is 5.92 Å². The van der Waals surface area contributed by atoms with Crippen LogP contribution in [-0.4, -0.2) is 35.1 Å². The molecule has 0 unspecified atom stereocenters. The van der Waals surface area contributed by atoms with E-state index in [4.69, 9.17) is 4.43 Å². The molecule has 7 heteroatoms. The normalized spacial score (nSPS) is 21.6. The van der Waals surface area contributed by atoms with Crippen LogP contribution in [0.1, 0.15) is 52.1 Å². The van der Waals surface area contributed by atoms with Crippen LogP contribution in [0.15, 0.2) is 24.5 Å². The van der Waals surface area contributed by atoms with E-state index in [1.165, 1.54) is 18.5 Å². The number of pyridine rings is 1. The molecule has 0 saturated heterocycles. The maximum atomic E-state index is 12.7. The molecule has 1 aliphatic heterocycles. The second kappa shape index (κ2) is 7.93. The molecule has 0 atom stereocenters. The maximum Gasteiger partial charge on any atom is 0.228 e. The van der Waals surface area contributed by atoms with Crippen molar-refractivity contribution in [3.63, 3.8) is 0 Å². The Kier molecular flexibility index (Phi) is 5.61. The highest BCUT2D eigenvalue weighted by Gasteiger charge is 2.44. The van der Waals surface area contributed by atoms with E-state index < -0.39 is 8.32 Å². The molecule has 2 aromatic heterocycles. The van der Waals surface area contributed by atoms with Crippen molar-refractivity contribution < 1.29 is 9.22 Å². The predicted octanol–water partition coefficient (Wildman–Crippen LogP) is 5.02. The van der Waals surface area contributed by atoms with Gasteiger partial charge >= 0.3 is 0 Å². The van der Waals surface area contributed by atoms with Gasteiger partial charge in [0.25, 0.3) is 0 Å². The molecule has 162 valence electrons. The zero-order chi connectivity index (χ0) is 21.5. The summed E-state index contributed by atoms with van der Waals surface area (Å²) in [5.74, 6) is 0.669. The molecule has 6 nitrogen and oxygen atoms in total. The molecule has 0 bridgehead atoms. The summed E-state index contributed by atoms with van der Waals surface area (Å²) >= 11 is 0. The average molecular weight is 427 g/mol. The molecule has 1 amide bonds. The molecule has 2 aromatic rings. The summed E-state index contributed by atoms with van der Waals surface area (Å²) in [6, 6.07) is 3.96. The van der Waals surface area contributed by atoms with E-state index >= 15 is 0 Å². The third-order valence-electron chi connectivity index (χ3n) is 7.04. The lowest BCUT2D eigenvalue weighted by Gasteiger charge is -2.44. The van der Waals surface area contributed by atoms with Crippen molar-refractivity contribution in [1.29, 1.82) is 0 Å². The minimum Gasteiger partial charge on any atom is -0.414 e. The summed E-state index contributed by atoms with van der Waals surface area (Å²) in [6.07, 6.45) is 8.96. The molecule has 0 spiro atoms. The Morgan fingerprint density at radius 1 is 1.27 bits per heavy atom. The third kappa shape index (κ3) is 4.23. The Bertz CT molecular complexity index is 926. The summed E-state index contributed by atoms with van der Waals surface area (Å²) in [6.45, 7) is 12.3. The molecule has 1 aliphatic carbocycles. The van der Waals surface area contributed by atoms with E-state index in [9.17, 15) is 4.79 Å². The molecule has 4 rings (SSSR count). The zero-order valence-corrected chi connectivity index (χ0v) is 19.9. The molecule has 0 radical (unpaired) electrons. The minimum atomic E-state index is -1.78. The largest absolute Gasteiger partial charge is 0.414 e. The standard InChI is InChI=1S/C23H34N4O2Si/c1-23(2,3)30(4,5)29-18-12-17(13-18)22(28)26-21-14-16(9-10-24-21)19-15-25-27-11-7-6-8-20(19)27/h9-10,14-15,17-18H,6-8,11-13H2,1-5H3,(H,24,26,28). The Balaban J connectivity index is 1.36. The van der Waals surface area contributed by atoms with E-state index in [2.05, 4.69) is 53.9 Å². The van der Waals surface area contributed by atoms with E-state index in [1.54, 1.807) is 6.20 Å². The van der Waals surface area contributed by atoms with Crippen molar-refractivity contribution in [3.8, 4) is 11.1 Å². The van der Waals surface area contributed by atoms with Crippen LogP contribution in [0.2, 0.25) is 18.1 Å². The van der Waals surface area contributed by atoms with Crippen LogP contribution in [0.25, 0.3) is 11.1 Å². The fraction of sp³-hybridized carbons (Fsp3) is 0.609. The molecule has 1 fully saturated rings. The molecule has 3 heterocycles. The molecular weight excluding hydrogens is 392 g/mol. The number of hydrogen-bond acceptors (Lipinski definition) is 4. The Morgan fingerprint density at radius 3 is 2.77 bits per heavy atom. The van der Waals surface area contributed by atoms with E-state index in [0.717, 1.165) is 36.9 Å². The number of hydrogen-bond donors (Lipinski definition) is 1. The van der Waals surface area contributed by atoms with Gasteiger partial charge in [0.15, 0.2) is 8.32 Å². The quantitative estimate of drug-likeness (QED) is 0.682. The number of anilines is 1. The van der Waals surface area contributed by atoms with E-state index in [1.807, 2.05) is 18.3 Å². The minimum absolute atomic E-state index is 0.00846. The number of nitrogens with one attached hydrogen (secondary N) is 1. The van der Waals surface area contributed by atoms with Gasteiger partial charge in [0.1, 0.15) is 5.82 Å². The first-order valence-electron chi connectivity index (χ1n) is 11.1. The van der Waals surface area contributed by atoms with Crippen molar-refractivity contribution >= 4 is 20.0 Å². The Labute approximate surface area is 180 Å². The van der Waals surface area contributed by atoms with Crippen LogP contribution < -0.4 is 5.32 Å². The SMILES string of the molecule is CC(C)(C)[Si](C)(C)OC1CC(C(=O)Nc2cc(-c3cnn4c3CCCC4)ccn2)C1. The lowest BCUT2D eigenvalue weighted by molar-refractivity contribution is -0.125. The number of nitrogens with zero attached hydrogens (tertiary/aromatic N) is 3. The second-order valence-electron chi connectivity index (χ2n) is 10.3. The fourth-order valence-corrected chi connectivity index (χ4v) is 5.41. The summed E-state index contributed by atoms with van der Waals surface area (Å²) in [5, 5.41) is 7.74. The van der Waals surface area contributed by atoms with Crippen LogP contribution in [0.5, 0.6) is 0 Å². The highest BCUT2D eigenvalue weighted by Crippen LogP contribution is 2.41. The first-order chi connectivity index (χ1) is 14.1. The third-order valence-corrected chi connectivity index (χ3v) is 11.6. The fourth-order valence-electron chi connectivity index (χ4n) is 4.03. The molecule has 1 saturated carbocycles. The van der Waals surface area contributed by atoms with Gasteiger partial charge in [0, 0.05) is 36.0 Å². The molecule has 30 heavy (non-hydrogen) atoms. The molecule has 0 aromatic carbocycles. The molecule has 1 N–H and O–H groups in total. The number of rotatable bonds is 5. The van der Waals surface area contributed by atoms with E-state index in [0.29, 0.717) is 5.82 Å². The topological polar surface area (TPSA) is 69.0 Å². The number of aromatic nitrogens is 3. The van der Waals surface area contributed by atoms with Gasteiger partial charge in [0.05, 0.1) is 6.20 Å². The van der Waals surface area contributed by atoms with Gasteiger partial charge in [-0.1, -0.05) is 20.8 Å². The highest BCUT2D eigenvalue weighted by molar-refractivity contribution is 6.74. The first-order valence-corrected chi connectivity index (χ1v) is 14.0. The first kappa shape index (κ1) is 21.2. The Morgan fingerprint density at radius 2 is 2.03 bits per heavy atom. The highest BCUT2D eigenvalue weighted by atomic mass is 28.4. The number of carbonyl (C=O) groups excluding carboxylic acids is 1. The van der Waals surface area contributed by atoms with Gasteiger partial charge in [0.2, 0.25) is 5.91 Å². The molecular formula is C23H34N4O2Si. The van der Waals surface area contributed by atoms with Gasteiger partial charge in [-0.25, -0.2) is 4.98 Å². The monoisotopic (exact) mass is 426 g/mol.